The van der Waals surface area contributed by atoms with Crippen LogP contribution < -0.4 is 10.4 Å². The maximum Gasteiger partial charge on any atom is 0.339 e. The van der Waals surface area contributed by atoms with Gasteiger partial charge in [-0.1, -0.05) is 23.9 Å². The molecule has 0 unspecified atom stereocenters. The molecule has 0 N–H and O–H groups in total. The van der Waals surface area contributed by atoms with Crippen LogP contribution in [0.25, 0.3) is 11.0 Å². The molecule has 1 heterocycles. The van der Waals surface area contributed by atoms with Crippen molar-refractivity contribution in [2.24, 2.45) is 0 Å². The van der Waals surface area contributed by atoms with Crippen LogP contribution in [0.2, 0.25) is 0 Å². The van der Waals surface area contributed by atoms with E-state index in [1.807, 2.05) is 0 Å². The van der Waals surface area contributed by atoms with Crippen LogP contribution in [0.15, 0.2) is 62.6 Å². The molecule has 0 spiro atoms. The van der Waals surface area contributed by atoms with Crippen molar-refractivity contribution in [3.8, 4) is 5.75 Å². The fourth-order valence-corrected chi connectivity index (χ4v) is 3.14. The van der Waals surface area contributed by atoms with E-state index in [1.165, 1.54) is 25.3 Å². The van der Waals surface area contributed by atoms with E-state index in [2.05, 4.69) is 0 Å². The molecule has 5 nitrogen and oxygen atoms in total. The minimum absolute atomic E-state index is 0.0386. The van der Waals surface area contributed by atoms with Gasteiger partial charge in [0.2, 0.25) is 0 Å². The van der Waals surface area contributed by atoms with Crippen molar-refractivity contribution in [3.63, 3.8) is 0 Å². The summed E-state index contributed by atoms with van der Waals surface area (Å²) < 4.78 is 40.8. The molecule has 0 saturated carbocycles. The molecule has 0 aliphatic carbocycles. The first-order valence-corrected chi connectivity index (χ1v) is 8.67. The Bertz CT molecular complexity index is 1030. The van der Waals surface area contributed by atoms with E-state index >= 15 is 0 Å². The fraction of sp³-hybridized carbons (Fsp3) is 0.158. The molecule has 3 aromatic rings. The Kier molecular flexibility index (Phi) is 5.75. The van der Waals surface area contributed by atoms with E-state index < -0.39 is 17.4 Å². The summed E-state index contributed by atoms with van der Waals surface area (Å²) in [5, 5.41) is 0.582. The first-order valence-electron chi connectivity index (χ1n) is 7.79. The molecule has 27 heavy (non-hydrogen) atoms. The number of carbonyl (C=O) groups excluding carboxylic acids is 1. The third-order valence-corrected chi connectivity index (χ3v) is 4.51. The van der Waals surface area contributed by atoms with Crippen LogP contribution >= 0.6 is 11.8 Å². The zero-order chi connectivity index (χ0) is 19.4. The summed E-state index contributed by atoms with van der Waals surface area (Å²) >= 11 is 0.271. The highest BCUT2D eigenvalue weighted by Crippen LogP contribution is 2.29. The van der Waals surface area contributed by atoms with Crippen LogP contribution in [0.3, 0.4) is 0 Å². The molecule has 8 heteroatoms. The van der Waals surface area contributed by atoms with Gasteiger partial charge in [0.25, 0.3) is 5.76 Å². The Morgan fingerprint density at radius 3 is 2.70 bits per heavy atom. The Morgan fingerprint density at radius 1 is 1.19 bits per heavy atom. The Balaban J connectivity index is 1.85. The number of halogens is 2. The van der Waals surface area contributed by atoms with Gasteiger partial charge < -0.3 is 13.9 Å². The van der Waals surface area contributed by atoms with Gasteiger partial charge in [0.05, 0.1) is 12.7 Å². The number of alkyl halides is 2. The summed E-state index contributed by atoms with van der Waals surface area (Å²) in [6, 6.07) is 12.1. The van der Waals surface area contributed by atoms with Crippen molar-refractivity contribution in [2.45, 2.75) is 17.3 Å². The standard InChI is InChI=1S/C19H14F2O5S/c1-24-12-6-7-13-11(8-17(22)26-15(13)9-12)10-25-18(23)14-4-2-3-5-16(14)27-19(20)21/h2-9,19H,10H2,1H3. The quantitative estimate of drug-likeness (QED) is 0.350. The third-order valence-electron chi connectivity index (χ3n) is 3.72. The number of esters is 1. The van der Waals surface area contributed by atoms with E-state index in [0.29, 0.717) is 22.3 Å². The van der Waals surface area contributed by atoms with E-state index in [1.54, 1.807) is 30.3 Å². The van der Waals surface area contributed by atoms with Gasteiger partial charge in [-0.05, 0) is 24.3 Å². The highest BCUT2D eigenvalue weighted by molar-refractivity contribution is 7.99. The largest absolute Gasteiger partial charge is 0.497 e. The SMILES string of the molecule is COc1ccc2c(COC(=O)c3ccccc3SC(F)F)cc(=O)oc2c1. The number of benzene rings is 2. The molecule has 0 atom stereocenters. The van der Waals surface area contributed by atoms with Crippen LogP contribution in [0.1, 0.15) is 15.9 Å². The second-order valence-corrected chi connectivity index (χ2v) is 6.44. The second-order valence-electron chi connectivity index (χ2n) is 5.40. The van der Waals surface area contributed by atoms with Crippen LogP contribution in [-0.2, 0) is 11.3 Å². The van der Waals surface area contributed by atoms with Crippen LogP contribution in [0, 0.1) is 0 Å². The van der Waals surface area contributed by atoms with E-state index in [-0.39, 0.29) is 28.8 Å². The molecule has 3 rings (SSSR count). The molecule has 0 radical (unpaired) electrons. The molecule has 0 saturated heterocycles. The molecule has 0 fully saturated rings. The topological polar surface area (TPSA) is 65.7 Å². The highest BCUT2D eigenvalue weighted by atomic mass is 32.2. The lowest BCUT2D eigenvalue weighted by Gasteiger charge is -2.10. The molecule has 0 aliphatic rings. The number of hydrogen-bond donors (Lipinski definition) is 0. The maximum atomic E-state index is 12.7. The minimum atomic E-state index is -2.66. The van der Waals surface area contributed by atoms with Crippen molar-refractivity contribution >= 4 is 28.7 Å². The zero-order valence-corrected chi connectivity index (χ0v) is 14.9. The van der Waals surface area contributed by atoms with Gasteiger partial charge in [0.15, 0.2) is 0 Å². The molecular weight excluding hydrogens is 378 g/mol. The van der Waals surface area contributed by atoms with Gasteiger partial charge in [0, 0.05) is 28.0 Å². The second kappa shape index (κ2) is 8.22. The third kappa shape index (κ3) is 4.46. The normalized spacial score (nSPS) is 11.0. The average molecular weight is 392 g/mol. The van der Waals surface area contributed by atoms with Crippen LogP contribution in [0.4, 0.5) is 8.78 Å². The molecule has 140 valence electrons. The van der Waals surface area contributed by atoms with Crippen LogP contribution in [0.5, 0.6) is 5.75 Å². The van der Waals surface area contributed by atoms with Gasteiger partial charge in [-0.25, -0.2) is 9.59 Å². The fourth-order valence-electron chi connectivity index (χ4n) is 2.51. The zero-order valence-electron chi connectivity index (χ0n) is 14.1. The predicted molar refractivity (Wildman–Crippen MR) is 96.5 cm³/mol. The number of thioether (sulfide) groups is 1. The molecule has 0 amide bonds. The number of methoxy groups -OCH3 is 1. The molecule has 0 aliphatic heterocycles. The molecular formula is C19H14F2O5S. The molecule has 2 aromatic carbocycles. The van der Waals surface area contributed by atoms with E-state index in [4.69, 9.17) is 13.9 Å². The van der Waals surface area contributed by atoms with E-state index in [9.17, 15) is 18.4 Å². The van der Waals surface area contributed by atoms with E-state index in [0.717, 1.165) is 0 Å². The van der Waals surface area contributed by atoms with Gasteiger partial charge in [-0.15, -0.1) is 0 Å². The summed E-state index contributed by atoms with van der Waals surface area (Å²) in [7, 11) is 1.49. The van der Waals surface area contributed by atoms with Gasteiger partial charge in [-0.3, -0.25) is 0 Å². The van der Waals surface area contributed by atoms with Crippen LogP contribution in [-0.4, -0.2) is 18.8 Å². The minimum Gasteiger partial charge on any atom is -0.497 e. The monoisotopic (exact) mass is 392 g/mol. The van der Waals surface area contributed by atoms with Crippen molar-refractivity contribution in [3.05, 3.63) is 70.1 Å². The number of rotatable bonds is 6. The van der Waals surface area contributed by atoms with Gasteiger partial charge in [-0.2, -0.15) is 8.78 Å². The first-order chi connectivity index (χ1) is 13.0. The summed E-state index contributed by atoms with van der Waals surface area (Å²) in [6.07, 6.45) is 0. The van der Waals surface area contributed by atoms with Crippen molar-refractivity contribution in [1.82, 2.24) is 0 Å². The number of ether oxygens (including phenoxy) is 2. The summed E-state index contributed by atoms with van der Waals surface area (Å²) in [5.41, 5.74) is 0.171. The first kappa shape index (κ1) is 18.9. The van der Waals surface area contributed by atoms with Crippen molar-refractivity contribution in [2.75, 3.05) is 7.11 Å². The van der Waals surface area contributed by atoms with Crippen molar-refractivity contribution in [1.29, 1.82) is 0 Å². The lowest BCUT2D eigenvalue weighted by molar-refractivity contribution is 0.0469. The number of fused-ring (bicyclic) bond motifs is 1. The van der Waals surface area contributed by atoms with Gasteiger partial charge in [0.1, 0.15) is 17.9 Å². The smallest absolute Gasteiger partial charge is 0.339 e. The Hall–Kier alpha value is -2.87. The predicted octanol–water partition coefficient (Wildman–Crippen LogP) is 4.47. The summed E-state index contributed by atoms with van der Waals surface area (Å²) in [5.74, 6) is -2.90. The highest BCUT2D eigenvalue weighted by Gasteiger charge is 2.17. The Labute approximate surface area is 156 Å². The number of hydrogen-bond acceptors (Lipinski definition) is 6. The average Bonchev–Trinajstić information content (AvgIpc) is 2.65. The van der Waals surface area contributed by atoms with Gasteiger partial charge >= 0.3 is 11.6 Å². The summed E-state index contributed by atoms with van der Waals surface area (Å²) in [6.45, 7) is -0.207. The van der Waals surface area contributed by atoms with Crippen molar-refractivity contribution < 1.29 is 27.5 Å². The Morgan fingerprint density at radius 2 is 1.96 bits per heavy atom. The lowest BCUT2D eigenvalue weighted by Crippen LogP contribution is -2.09. The molecule has 0 bridgehead atoms. The summed E-state index contributed by atoms with van der Waals surface area (Å²) in [4.78, 5) is 24.2. The lowest BCUT2D eigenvalue weighted by atomic mass is 10.1. The number of carbonyl (C=O) groups is 1. The maximum absolute atomic E-state index is 12.7. The molecule has 1 aromatic heterocycles.